The van der Waals surface area contributed by atoms with E-state index < -0.39 is 28.5 Å². The molecule has 1 atom stereocenters. The monoisotopic (exact) mass is 555 g/mol. The van der Waals surface area contributed by atoms with Gasteiger partial charge in [0.2, 0.25) is 11.8 Å². The minimum absolute atomic E-state index is 0.0568. The SMILES string of the molecule is CC(C)CNC(=O)C(C)N(CCc1ccccc1)C(=O)CN(c1ccc(Cl)cc1)S(=O)(=O)c1ccccc1. The van der Waals surface area contributed by atoms with E-state index in [4.69, 9.17) is 11.6 Å². The summed E-state index contributed by atoms with van der Waals surface area (Å²) >= 11 is 6.04. The molecule has 38 heavy (non-hydrogen) atoms. The number of rotatable bonds is 12. The second-order valence-corrected chi connectivity index (χ2v) is 11.7. The van der Waals surface area contributed by atoms with Gasteiger partial charge >= 0.3 is 0 Å². The number of amides is 2. The third-order valence-corrected chi connectivity index (χ3v) is 8.10. The lowest BCUT2D eigenvalue weighted by Crippen LogP contribution is -2.52. The third-order valence-electron chi connectivity index (χ3n) is 6.06. The van der Waals surface area contributed by atoms with E-state index in [1.54, 1.807) is 49.4 Å². The maximum atomic E-state index is 13.8. The van der Waals surface area contributed by atoms with Crippen LogP contribution >= 0.6 is 11.6 Å². The number of carbonyl (C=O) groups is 2. The van der Waals surface area contributed by atoms with Gasteiger partial charge in [-0.05, 0) is 61.2 Å². The van der Waals surface area contributed by atoms with Gasteiger partial charge in [-0.25, -0.2) is 8.42 Å². The minimum atomic E-state index is -4.09. The molecule has 0 saturated heterocycles. The fraction of sp³-hybridized carbons (Fsp3) is 0.310. The first-order valence-electron chi connectivity index (χ1n) is 12.5. The molecule has 9 heteroatoms. The van der Waals surface area contributed by atoms with Crippen molar-refractivity contribution in [3.05, 3.63) is 95.5 Å². The van der Waals surface area contributed by atoms with Gasteiger partial charge in [0.15, 0.2) is 0 Å². The number of benzene rings is 3. The highest BCUT2D eigenvalue weighted by molar-refractivity contribution is 7.92. The van der Waals surface area contributed by atoms with Gasteiger partial charge in [0.25, 0.3) is 10.0 Å². The van der Waals surface area contributed by atoms with Gasteiger partial charge in [-0.2, -0.15) is 0 Å². The van der Waals surface area contributed by atoms with Crippen molar-refractivity contribution in [1.82, 2.24) is 10.2 Å². The average Bonchev–Trinajstić information content (AvgIpc) is 2.92. The summed E-state index contributed by atoms with van der Waals surface area (Å²) in [6.45, 7) is 5.89. The maximum absolute atomic E-state index is 13.8. The summed E-state index contributed by atoms with van der Waals surface area (Å²) in [4.78, 5) is 28.3. The van der Waals surface area contributed by atoms with Crippen molar-refractivity contribution < 1.29 is 18.0 Å². The van der Waals surface area contributed by atoms with E-state index in [1.165, 1.54) is 17.0 Å². The number of sulfonamides is 1. The van der Waals surface area contributed by atoms with Crippen molar-refractivity contribution in [2.45, 2.75) is 38.1 Å². The zero-order chi connectivity index (χ0) is 27.7. The zero-order valence-electron chi connectivity index (χ0n) is 21.9. The Morgan fingerprint density at radius 3 is 2.03 bits per heavy atom. The van der Waals surface area contributed by atoms with Crippen LogP contribution in [-0.2, 0) is 26.0 Å². The van der Waals surface area contributed by atoms with Crippen LogP contribution < -0.4 is 9.62 Å². The fourth-order valence-corrected chi connectivity index (χ4v) is 5.44. The van der Waals surface area contributed by atoms with Crippen LogP contribution in [0.4, 0.5) is 5.69 Å². The van der Waals surface area contributed by atoms with E-state index in [0.717, 1.165) is 9.87 Å². The van der Waals surface area contributed by atoms with Gasteiger partial charge in [-0.15, -0.1) is 0 Å². The topological polar surface area (TPSA) is 86.8 Å². The van der Waals surface area contributed by atoms with Crippen LogP contribution in [0.3, 0.4) is 0 Å². The van der Waals surface area contributed by atoms with Crippen LogP contribution in [0.15, 0.2) is 89.8 Å². The molecule has 3 aromatic carbocycles. The molecule has 3 rings (SSSR count). The van der Waals surface area contributed by atoms with E-state index in [-0.39, 0.29) is 23.3 Å². The lowest BCUT2D eigenvalue weighted by atomic mass is 10.1. The normalized spacial score (nSPS) is 12.1. The molecule has 0 spiro atoms. The predicted octanol–water partition coefficient (Wildman–Crippen LogP) is 4.77. The highest BCUT2D eigenvalue weighted by atomic mass is 35.5. The molecule has 0 bridgehead atoms. The molecule has 0 aliphatic carbocycles. The molecule has 0 radical (unpaired) electrons. The smallest absolute Gasteiger partial charge is 0.264 e. The molecular formula is C29H34ClN3O4S. The number of halogens is 1. The minimum Gasteiger partial charge on any atom is -0.354 e. The Bertz CT molecular complexity index is 1300. The van der Waals surface area contributed by atoms with E-state index in [0.29, 0.717) is 23.7 Å². The zero-order valence-corrected chi connectivity index (χ0v) is 23.5. The van der Waals surface area contributed by atoms with Crippen molar-refractivity contribution in [3.8, 4) is 0 Å². The van der Waals surface area contributed by atoms with Gasteiger partial charge in [0, 0.05) is 18.1 Å². The van der Waals surface area contributed by atoms with Crippen LogP contribution in [0, 0.1) is 5.92 Å². The number of nitrogens with one attached hydrogen (secondary N) is 1. The second kappa shape index (κ2) is 13.4. The Kier molecular flexibility index (Phi) is 10.3. The van der Waals surface area contributed by atoms with Crippen LogP contribution in [0.5, 0.6) is 0 Å². The average molecular weight is 556 g/mol. The third kappa shape index (κ3) is 7.82. The molecule has 1 N–H and O–H groups in total. The maximum Gasteiger partial charge on any atom is 0.264 e. The van der Waals surface area contributed by atoms with Crippen molar-refractivity contribution in [1.29, 1.82) is 0 Å². The first-order chi connectivity index (χ1) is 18.1. The van der Waals surface area contributed by atoms with Crippen LogP contribution in [-0.4, -0.2) is 50.8 Å². The standard InChI is InChI=1S/C29H34ClN3O4S/c1-22(2)20-31-29(35)23(3)32(19-18-24-10-6-4-7-11-24)28(34)21-33(26-16-14-25(30)15-17-26)38(36,37)27-12-8-5-9-13-27/h4-17,22-23H,18-21H2,1-3H3,(H,31,35). The molecule has 0 fully saturated rings. The Morgan fingerprint density at radius 1 is 0.868 bits per heavy atom. The fourth-order valence-electron chi connectivity index (χ4n) is 3.88. The molecule has 0 aliphatic rings. The molecule has 202 valence electrons. The van der Waals surface area contributed by atoms with Gasteiger partial charge in [-0.1, -0.05) is 74.0 Å². The largest absolute Gasteiger partial charge is 0.354 e. The Labute approximate surface area is 230 Å². The molecule has 0 aromatic heterocycles. The number of hydrogen-bond acceptors (Lipinski definition) is 4. The molecular weight excluding hydrogens is 522 g/mol. The Balaban J connectivity index is 1.94. The predicted molar refractivity (Wildman–Crippen MR) is 152 cm³/mol. The van der Waals surface area contributed by atoms with Gasteiger partial charge in [0.1, 0.15) is 12.6 Å². The van der Waals surface area contributed by atoms with Gasteiger partial charge in [-0.3, -0.25) is 13.9 Å². The first kappa shape index (κ1) is 29.2. The van der Waals surface area contributed by atoms with Crippen LogP contribution in [0.1, 0.15) is 26.3 Å². The second-order valence-electron chi connectivity index (χ2n) is 9.44. The van der Waals surface area contributed by atoms with Crippen molar-refractivity contribution in [3.63, 3.8) is 0 Å². The Hall–Kier alpha value is -3.36. The van der Waals surface area contributed by atoms with E-state index in [1.807, 2.05) is 44.2 Å². The molecule has 0 saturated carbocycles. The summed E-state index contributed by atoms with van der Waals surface area (Å²) in [6, 6.07) is 23.0. The van der Waals surface area contributed by atoms with Crippen molar-refractivity contribution >= 4 is 39.1 Å². The Morgan fingerprint density at radius 2 is 1.45 bits per heavy atom. The molecule has 0 aliphatic heterocycles. The van der Waals surface area contributed by atoms with Gasteiger partial charge in [0.05, 0.1) is 10.6 Å². The number of anilines is 1. The molecule has 2 amide bonds. The summed E-state index contributed by atoms with van der Waals surface area (Å²) in [5.41, 5.74) is 1.30. The number of hydrogen-bond donors (Lipinski definition) is 1. The van der Waals surface area contributed by atoms with Gasteiger partial charge < -0.3 is 10.2 Å². The molecule has 0 heterocycles. The van der Waals surface area contributed by atoms with Crippen LogP contribution in [0.25, 0.3) is 0 Å². The summed E-state index contributed by atoms with van der Waals surface area (Å²) in [5, 5.41) is 3.33. The van der Waals surface area contributed by atoms with Crippen molar-refractivity contribution in [2.75, 3.05) is 23.9 Å². The highest BCUT2D eigenvalue weighted by Crippen LogP contribution is 2.25. The molecule has 7 nitrogen and oxygen atoms in total. The van der Waals surface area contributed by atoms with Crippen LogP contribution in [0.2, 0.25) is 5.02 Å². The number of nitrogens with zero attached hydrogens (tertiary/aromatic N) is 2. The summed E-state index contributed by atoms with van der Waals surface area (Å²) < 4.78 is 28.4. The van der Waals surface area contributed by atoms with E-state index in [9.17, 15) is 18.0 Å². The summed E-state index contributed by atoms with van der Waals surface area (Å²) in [7, 11) is -4.09. The lowest BCUT2D eigenvalue weighted by molar-refractivity contribution is -0.138. The highest BCUT2D eigenvalue weighted by Gasteiger charge is 2.32. The number of carbonyl (C=O) groups excluding carboxylic acids is 2. The van der Waals surface area contributed by atoms with E-state index in [2.05, 4.69) is 5.32 Å². The quantitative estimate of drug-likeness (QED) is 0.349. The van der Waals surface area contributed by atoms with E-state index >= 15 is 0 Å². The summed E-state index contributed by atoms with van der Waals surface area (Å²) in [6.07, 6.45) is 0.515. The van der Waals surface area contributed by atoms with Crippen molar-refractivity contribution in [2.24, 2.45) is 5.92 Å². The summed E-state index contributed by atoms with van der Waals surface area (Å²) in [5.74, 6) is -0.525. The lowest BCUT2D eigenvalue weighted by Gasteiger charge is -2.32. The molecule has 1 unspecified atom stereocenters. The first-order valence-corrected chi connectivity index (χ1v) is 14.4. The molecule has 3 aromatic rings.